The summed E-state index contributed by atoms with van der Waals surface area (Å²) in [5.74, 6) is 3.21. The van der Waals surface area contributed by atoms with Gasteiger partial charge in [0, 0.05) is 5.56 Å². The van der Waals surface area contributed by atoms with Crippen LogP contribution < -0.4 is 4.74 Å². The van der Waals surface area contributed by atoms with Crippen molar-refractivity contribution >= 4 is 0 Å². The van der Waals surface area contributed by atoms with Crippen molar-refractivity contribution in [3.8, 4) is 11.5 Å². The summed E-state index contributed by atoms with van der Waals surface area (Å²) in [6, 6.07) is 0. The van der Waals surface area contributed by atoms with E-state index in [9.17, 15) is 5.11 Å². The molecule has 1 N–H and O–H groups in total. The minimum atomic E-state index is -0.0691. The molecular formula is C29H50O2. The lowest BCUT2D eigenvalue weighted by molar-refractivity contribution is 0.0512. The van der Waals surface area contributed by atoms with Crippen LogP contribution in [0, 0.1) is 32.6 Å². The largest absolute Gasteiger partial charge is 0.507 e. The molecule has 0 radical (unpaired) electrons. The Morgan fingerprint density at radius 2 is 1.45 bits per heavy atom. The topological polar surface area (TPSA) is 29.5 Å². The van der Waals surface area contributed by atoms with E-state index in [4.69, 9.17) is 4.74 Å². The lowest BCUT2D eigenvalue weighted by atomic mass is 9.84. The second kappa shape index (κ2) is 12.2. The van der Waals surface area contributed by atoms with Gasteiger partial charge in [-0.25, -0.2) is 0 Å². The second-order valence-corrected chi connectivity index (χ2v) is 11.0. The SMILES string of the molecule is CCCCCCC(C)CCCC(C)CCCC1(C)CCc2c(C)c(O)c(C)c(C)c2O1. The number of phenolic OH excluding ortho intramolecular Hbond substituents is 1. The van der Waals surface area contributed by atoms with Crippen LogP contribution in [-0.4, -0.2) is 10.7 Å². The molecule has 2 nitrogen and oxygen atoms in total. The van der Waals surface area contributed by atoms with Gasteiger partial charge in [-0.2, -0.15) is 0 Å². The summed E-state index contributed by atoms with van der Waals surface area (Å²) < 4.78 is 6.60. The zero-order chi connectivity index (χ0) is 23.0. The fraction of sp³-hybridized carbons (Fsp3) is 0.793. The number of phenols is 1. The molecule has 1 aliphatic heterocycles. The summed E-state index contributed by atoms with van der Waals surface area (Å²) >= 11 is 0. The lowest BCUT2D eigenvalue weighted by Gasteiger charge is -2.38. The standard InChI is InChI=1S/C29H50O2/c1-8-9-10-11-14-21(2)15-12-16-22(3)17-13-19-29(7)20-18-26-25(6)27(30)23(4)24(5)28(26)31-29/h21-22,30H,8-20H2,1-7H3. The first-order valence-corrected chi connectivity index (χ1v) is 13.2. The van der Waals surface area contributed by atoms with Gasteiger partial charge in [-0.05, 0) is 81.9 Å². The van der Waals surface area contributed by atoms with Gasteiger partial charge in [0.2, 0.25) is 0 Å². The van der Waals surface area contributed by atoms with Gasteiger partial charge in [0.05, 0.1) is 0 Å². The highest BCUT2D eigenvalue weighted by atomic mass is 16.5. The van der Waals surface area contributed by atoms with E-state index in [1.165, 1.54) is 69.8 Å². The third-order valence-electron chi connectivity index (χ3n) is 7.94. The highest BCUT2D eigenvalue weighted by Gasteiger charge is 2.34. The molecule has 0 fully saturated rings. The van der Waals surface area contributed by atoms with Gasteiger partial charge in [-0.3, -0.25) is 0 Å². The van der Waals surface area contributed by atoms with E-state index in [0.717, 1.165) is 53.5 Å². The van der Waals surface area contributed by atoms with Gasteiger partial charge in [-0.15, -0.1) is 0 Å². The summed E-state index contributed by atoms with van der Waals surface area (Å²) in [6.45, 7) is 15.6. The first-order valence-electron chi connectivity index (χ1n) is 13.2. The van der Waals surface area contributed by atoms with Crippen LogP contribution in [0.15, 0.2) is 0 Å². The van der Waals surface area contributed by atoms with E-state index >= 15 is 0 Å². The Kier molecular flexibility index (Phi) is 10.2. The number of unbranched alkanes of at least 4 members (excludes halogenated alkanes) is 3. The Balaban J connectivity index is 1.73. The summed E-state index contributed by atoms with van der Waals surface area (Å²) in [7, 11) is 0. The molecule has 1 aromatic rings. The van der Waals surface area contributed by atoms with Crippen molar-refractivity contribution in [2.24, 2.45) is 11.8 Å². The zero-order valence-electron chi connectivity index (χ0n) is 21.7. The Bertz CT molecular complexity index is 693. The third-order valence-corrected chi connectivity index (χ3v) is 7.94. The Labute approximate surface area is 193 Å². The van der Waals surface area contributed by atoms with Crippen LogP contribution in [0.3, 0.4) is 0 Å². The molecule has 0 bridgehead atoms. The summed E-state index contributed by atoms with van der Waals surface area (Å²) in [6.07, 6.45) is 16.9. The minimum Gasteiger partial charge on any atom is -0.507 e. The maximum atomic E-state index is 10.4. The molecule has 31 heavy (non-hydrogen) atoms. The van der Waals surface area contributed by atoms with E-state index in [1.807, 2.05) is 13.8 Å². The smallest absolute Gasteiger partial charge is 0.127 e. The molecule has 0 aliphatic carbocycles. The molecule has 3 atom stereocenters. The van der Waals surface area contributed by atoms with Crippen LogP contribution in [0.2, 0.25) is 0 Å². The third kappa shape index (κ3) is 7.43. The fourth-order valence-corrected chi connectivity index (χ4v) is 5.32. The van der Waals surface area contributed by atoms with Gasteiger partial charge in [-0.1, -0.05) is 78.6 Å². The maximum absolute atomic E-state index is 10.4. The van der Waals surface area contributed by atoms with Crippen LogP contribution in [0.5, 0.6) is 11.5 Å². The van der Waals surface area contributed by atoms with Gasteiger partial charge < -0.3 is 9.84 Å². The van der Waals surface area contributed by atoms with Gasteiger partial charge in [0.1, 0.15) is 17.1 Å². The molecular weight excluding hydrogens is 380 g/mol. The molecule has 0 saturated heterocycles. The summed E-state index contributed by atoms with van der Waals surface area (Å²) in [4.78, 5) is 0. The molecule has 1 aliphatic rings. The fourth-order valence-electron chi connectivity index (χ4n) is 5.32. The van der Waals surface area contributed by atoms with Crippen molar-refractivity contribution in [1.29, 1.82) is 0 Å². The van der Waals surface area contributed by atoms with Crippen LogP contribution in [0.4, 0.5) is 0 Å². The van der Waals surface area contributed by atoms with Crippen molar-refractivity contribution < 1.29 is 9.84 Å². The van der Waals surface area contributed by atoms with Gasteiger partial charge >= 0.3 is 0 Å². The molecule has 178 valence electrons. The first kappa shape index (κ1) is 26.1. The average molecular weight is 431 g/mol. The molecule has 0 amide bonds. The molecule has 0 saturated carbocycles. The molecule has 2 heteroatoms. The number of rotatable bonds is 13. The van der Waals surface area contributed by atoms with Gasteiger partial charge in [0.25, 0.3) is 0 Å². The number of benzene rings is 1. The lowest BCUT2D eigenvalue weighted by Crippen LogP contribution is -2.37. The van der Waals surface area contributed by atoms with Crippen molar-refractivity contribution in [1.82, 2.24) is 0 Å². The van der Waals surface area contributed by atoms with Crippen molar-refractivity contribution in [3.05, 3.63) is 22.3 Å². The van der Waals surface area contributed by atoms with Crippen LogP contribution in [0.25, 0.3) is 0 Å². The molecule has 3 unspecified atom stereocenters. The van der Waals surface area contributed by atoms with E-state index in [1.54, 1.807) is 0 Å². The predicted octanol–water partition coefficient (Wildman–Crippen LogP) is 8.98. The number of ether oxygens (including phenoxy) is 1. The summed E-state index contributed by atoms with van der Waals surface area (Å²) in [5, 5.41) is 10.4. The van der Waals surface area contributed by atoms with Crippen molar-refractivity contribution in [3.63, 3.8) is 0 Å². The Morgan fingerprint density at radius 1 is 0.839 bits per heavy atom. The normalized spacial score (nSPS) is 20.2. The second-order valence-electron chi connectivity index (χ2n) is 11.0. The maximum Gasteiger partial charge on any atom is 0.127 e. The number of hydrogen-bond donors (Lipinski definition) is 1. The molecule has 1 heterocycles. The number of aromatic hydroxyl groups is 1. The number of fused-ring (bicyclic) bond motifs is 1. The highest BCUT2D eigenvalue weighted by molar-refractivity contribution is 5.58. The van der Waals surface area contributed by atoms with E-state index < -0.39 is 0 Å². The predicted molar refractivity (Wildman–Crippen MR) is 134 cm³/mol. The summed E-state index contributed by atoms with van der Waals surface area (Å²) in [5.41, 5.74) is 4.24. The molecule has 1 aromatic carbocycles. The Hall–Kier alpha value is -1.18. The van der Waals surface area contributed by atoms with Crippen LogP contribution in [-0.2, 0) is 6.42 Å². The molecule has 2 rings (SSSR count). The quantitative estimate of drug-likeness (QED) is 0.316. The van der Waals surface area contributed by atoms with Gasteiger partial charge in [0.15, 0.2) is 0 Å². The van der Waals surface area contributed by atoms with Crippen molar-refractivity contribution in [2.45, 2.75) is 138 Å². The molecule has 0 aromatic heterocycles. The number of hydrogen-bond acceptors (Lipinski definition) is 2. The molecule has 0 spiro atoms. The van der Waals surface area contributed by atoms with Crippen molar-refractivity contribution in [2.75, 3.05) is 0 Å². The zero-order valence-corrected chi connectivity index (χ0v) is 21.7. The average Bonchev–Trinajstić information content (AvgIpc) is 2.73. The van der Waals surface area contributed by atoms with Crippen LogP contribution in [0.1, 0.15) is 127 Å². The van der Waals surface area contributed by atoms with E-state index in [-0.39, 0.29) is 5.60 Å². The van der Waals surface area contributed by atoms with Crippen LogP contribution >= 0.6 is 0 Å². The minimum absolute atomic E-state index is 0.0691. The first-order chi connectivity index (χ1) is 14.7. The Morgan fingerprint density at radius 3 is 2.10 bits per heavy atom. The van der Waals surface area contributed by atoms with E-state index in [2.05, 4.69) is 34.6 Å². The highest BCUT2D eigenvalue weighted by Crippen LogP contribution is 2.44. The monoisotopic (exact) mass is 430 g/mol. The van der Waals surface area contributed by atoms with E-state index in [0.29, 0.717) is 5.75 Å².